The van der Waals surface area contributed by atoms with Crippen molar-refractivity contribution in [2.75, 3.05) is 6.61 Å². The van der Waals surface area contributed by atoms with Crippen molar-refractivity contribution in [1.29, 1.82) is 0 Å². The first-order chi connectivity index (χ1) is 13.1. The molecular formula is C19H25F4NO4. The van der Waals surface area contributed by atoms with Crippen molar-refractivity contribution in [3.8, 4) is 5.75 Å². The van der Waals surface area contributed by atoms with Gasteiger partial charge < -0.3 is 19.9 Å². The summed E-state index contributed by atoms with van der Waals surface area (Å²) in [7, 11) is 0. The second-order valence-electron chi connectivity index (χ2n) is 7.77. The van der Waals surface area contributed by atoms with Crippen molar-refractivity contribution in [2.24, 2.45) is 11.3 Å². The number of carbonyl (C=O) groups is 1. The lowest BCUT2D eigenvalue weighted by Gasteiger charge is -2.44. The van der Waals surface area contributed by atoms with Gasteiger partial charge in [0, 0.05) is 0 Å². The summed E-state index contributed by atoms with van der Waals surface area (Å²) in [6, 6.07) is 4.37. The van der Waals surface area contributed by atoms with Gasteiger partial charge in [0.15, 0.2) is 0 Å². The Labute approximate surface area is 161 Å². The Bertz CT molecular complexity index is 649. The van der Waals surface area contributed by atoms with E-state index in [1.165, 1.54) is 24.3 Å². The quantitative estimate of drug-likeness (QED) is 0.578. The van der Waals surface area contributed by atoms with E-state index < -0.39 is 37.9 Å². The summed E-state index contributed by atoms with van der Waals surface area (Å²) in [6.07, 6.45) is 0.580. The van der Waals surface area contributed by atoms with Gasteiger partial charge in [-0.05, 0) is 41.9 Å². The lowest BCUT2D eigenvalue weighted by Crippen LogP contribution is -2.42. The predicted octanol–water partition coefficient (Wildman–Crippen LogP) is 3.87. The first-order valence-electron chi connectivity index (χ1n) is 8.98. The second-order valence-corrected chi connectivity index (χ2v) is 7.77. The smallest absolute Gasteiger partial charge is 0.387 e. The van der Waals surface area contributed by atoms with Crippen LogP contribution in [0.5, 0.6) is 5.75 Å². The zero-order chi connectivity index (χ0) is 20.9. The van der Waals surface area contributed by atoms with Crippen LogP contribution in [0, 0.1) is 11.3 Å². The fourth-order valence-corrected chi connectivity index (χ4v) is 3.54. The van der Waals surface area contributed by atoms with Gasteiger partial charge in [-0.15, -0.1) is 0 Å². The molecule has 1 saturated carbocycles. The van der Waals surface area contributed by atoms with E-state index in [1.807, 2.05) is 0 Å². The molecule has 9 heteroatoms. The standard InChI is InChI=1S/C19H25F4NO4/c1-19(2)8-12(9-19)15(25)7-16(26)24-14(10-27-17(20)21)11-4-3-5-13(6-11)28-18(22)23/h3-6,12,14-15,17-18,25H,7-10H2,1-2H3,(H,24,26)/t14-,15-/m0/s1. The Morgan fingerprint density at radius 1 is 1.25 bits per heavy atom. The molecule has 28 heavy (non-hydrogen) atoms. The van der Waals surface area contributed by atoms with Gasteiger partial charge in [-0.3, -0.25) is 4.79 Å². The van der Waals surface area contributed by atoms with E-state index in [1.54, 1.807) is 0 Å². The summed E-state index contributed by atoms with van der Waals surface area (Å²) in [4.78, 5) is 12.3. The van der Waals surface area contributed by atoms with Crippen LogP contribution in [0.1, 0.15) is 44.7 Å². The molecule has 0 saturated heterocycles. The second kappa shape index (κ2) is 9.56. The summed E-state index contributed by atoms with van der Waals surface area (Å²) in [6.45, 7) is -2.51. The number of ether oxygens (including phenoxy) is 2. The number of alkyl halides is 4. The Balaban J connectivity index is 2.01. The van der Waals surface area contributed by atoms with Crippen LogP contribution in [0.3, 0.4) is 0 Å². The van der Waals surface area contributed by atoms with E-state index in [9.17, 15) is 27.5 Å². The number of carbonyl (C=O) groups excluding carboxylic acids is 1. The number of nitrogens with one attached hydrogen (secondary N) is 1. The van der Waals surface area contributed by atoms with Gasteiger partial charge in [-0.25, -0.2) is 0 Å². The van der Waals surface area contributed by atoms with Crippen molar-refractivity contribution in [1.82, 2.24) is 5.32 Å². The normalized spacial score (nSPS) is 18.6. The summed E-state index contributed by atoms with van der Waals surface area (Å²) in [5, 5.41) is 12.7. The molecule has 1 aliphatic rings. The molecule has 5 nitrogen and oxygen atoms in total. The van der Waals surface area contributed by atoms with Gasteiger partial charge in [-0.2, -0.15) is 17.6 Å². The van der Waals surface area contributed by atoms with Gasteiger partial charge in [0.2, 0.25) is 5.91 Å². The maximum absolute atomic E-state index is 12.4. The van der Waals surface area contributed by atoms with Crippen LogP contribution in [0.4, 0.5) is 17.6 Å². The first kappa shape index (κ1) is 22.4. The van der Waals surface area contributed by atoms with Gasteiger partial charge in [0.1, 0.15) is 5.75 Å². The SMILES string of the molecule is CC1(C)CC([C@@H](O)CC(=O)N[C@@H](COC(F)F)c2cccc(OC(F)F)c2)C1. The molecular weight excluding hydrogens is 382 g/mol. The molecule has 2 atom stereocenters. The van der Waals surface area contributed by atoms with Crippen molar-refractivity contribution >= 4 is 5.91 Å². The molecule has 1 amide bonds. The number of amides is 1. The van der Waals surface area contributed by atoms with Crippen LogP contribution in [0.2, 0.25) is 0 Å². The monoisotopic (exact) mass is 407 g/mol. The van der Waals surface area contributed by atoms with Crippen molar-refractivity contribution < 1.29 is 36.9 Å². The molecule has 1 fully saturated rings. The third kappa shape index (κ3) is 6.94. The molecule has 0 aromatic heterocycles. The molecule has 0 radical (unpaired) electrons. The fraction of sp³-hybridized carbons (Fsp3) is 0.632. The average molecular weight is 407 g/mol. The molecule has 1 aromatic rings. The molecule has 0 heterocycles. The number of benzene rings is 1. The van der Waals surface area contributed by atoms with E-state index in [4.69, 9.17) is 0 Å². The molecule has 0 aliphatic heterocycles. The van der Waals surface area contributed by atoms with Gasteiger partial charge in [0.25, 0.3) is 0 Å². The summed E-state index contributed by atoms with van der Waals surface area (Å²) in [5.41, 5.74) is 0.410. The van der Waals surface area contributed by atoms with Gasteiger partial charge in [-0.1, -0.05) is 26.0 Å². The van der Waals surface area contributed by atoms with E-state index in [0.717, 1.165) is 12.8 Å². The minimum atomic E-state index is -3.05. The zero-order valence-corrected chi connectivity index (χ0v) is 15.7. The summed E-state index contributed by atoms with van der Waals surface area (Å²) >= 11 is 0. The maximum Gasteiger partial charge on any atom is 0.387 e. The van der Waals surface area contributed by atoms with E-state index in [0.29, 0.717) is 0 Å². The first-order valence-corrected chi connectivity index (χ1v) is 8.98. The lowest BCUT2D eigenvalue weighted by atomic mass is 9.62. The van der Waals surface area contributed by atoms with E-state index in [-0.39, 0.29) is 29.1 Å². The van der Waals surface area contributed by atoms with Crippen molar-refractivity contribution in [2.45, 2.75) is 58.5 Å². The number of aliphatic hydroxyl groups excluding tert-OH is 1. The van der Waals surface area contributed by atoms with Gasteiger partial charge in [0.05, 0.1) is 25.2 Å². The van der Waals surface area contributed by atoms with Gasteiger partial charge >= 0.3 is 13.2 Å². The predicted molar refractivity (Wildman–Crippen MR) is 93.0 cm³/mol. The van der Waals surface area contributed by atoms with Crippen LogP contribution < -0.4 is 10.1 Å². The Morgan fingerprint density at radius 3 is 2.50 bits per heavy atom. The highest BCUT2D eigenvalue weighted by molar-refractivity contribution is 5.77. The van der Waals surface area contributed by atoms with Crippen molar-refractivity contribution in [3.63, 3.8) is 0 Å². The molecule has 158 valence electrons. The van der Waals surface area contributed by atoms with Crippen LogP contribution in [-0.2, 0) is 9.53 Å². The number of halogens is 4. The molecule has 0 spiro atoms. The third-order valence-electron chi connectivity index (χ3n) is 4.78. The number of rotatable bonds is 10. The highest BCUT2D eigenvalue weighted by Gasteiger charge is 2.40. The van der Waals surface area contributed by atoms with E-state index >= 15 is 0 Å². The molecule has 0 bridgehead atoms. The Hall–Kier alpha value is -1.87. The van der Waals surface area contributed by atoms with Crippen LogP contribution >= 0.6 is 0 Å². The summed E-state index contributed by atoms with van der Waals surface area (Å²) < 4.78 is 58.2. The topological polar surface area (TPSA) is 67.8 Å². The number of aliphatic hydroxyl groups is 1. The lowest BCUT2D eigenvalue weighted by molar-refractivity contribution is -0.140. The zero-order valence-electron chi connectivity index (χ0n) is 15.7. The molecule has 1 aliphatic carbocycles. The largest absolute Gasteiger partial charge is 0.435 e. The minimum absolute atomic E-state index is 0.0132. The fourth-order valence-electron chi connectivity index (χ4n) is 3.54. The Morgan fingerprint density at radius 2 is 1.93 bits per heavy atom. The third-order valence-corrected chi connectivity index (χ3v) is 4.78. The highest BCUT2D eigenvalue weighted by atomic mass is 19.3. The van der Waals surface area contributed by atoms with Crippen molar-refractivity contribution in [3.05, 3.63) is 29.8 Å². The van der Waals surface area contributed by atoms with Crippen LogP contribution in [0.25, 0.3) is 0 Å². The Kier molecular flexibility index (Phi) is 7.65. The maximum atomic E-state index is 12.4. The molecule has 0 unspecified atom stereocenters. The minimum Gasteiger partial charge on any atom is -0.435 e. The summed E-state index contributed by atoms with van der Waals surface area (Å²) in [5.74, 6) is -0.694. The molecule has 1 aromatic carbocycles. The number of hydrogen-bond acceptors (Lipinski definition) is 4. The number of hydrogen-bond donors (Lipinski definition) is 2. The highest BCUT2D eigenvalue weighted by Crippen LogP contribution is 2.46. The molecule has 2 N–H and O–H groups in total. The molecule has 2 rings (SSSR count). The van der Waals surface area contributed by atoms with Crippen LogP contribution in [-0.4, -0.2) is 36.9 Å². The van der Waals surface area contributed by atoms with Crippen LogP contribution in [0.15, 0.2) is 24.3 Å². The van der Waals surface area contributed by atoms with E-state index in [2.05, 4.69) is 28.6 Å². The average Bonchev–Trinajstić information content (AvgIpc) is 2.55.